The maximum atomic E-state index is 14.0. The molecule has 5 rings (SSSR count). The fourth-order valence-electron chi connectivity index (χ4n) is 4.42. The van der Waals surface area contributed by atoms with Crippen molar-refractivity contribution in [2.75, 3.05) is 29.6 Å². The molecule has 0 unspecified atom stereocenters. The fraction of sp³-hybridized carbons (Fsp3) is 0.200. The number of fused-ring (bicyclic) bond motifs is 2. The third-order valence-corrected chi connectivity index (χ3v) is 7.64. The third-order valence-electron chi connectivity index (χ3n) is 5.97. The van der Waals surface area contributed by atoms with Crippen LogP contribution in [0, 0.1) is 5.82 Å². The van der Waals surface area contributed by atoms with Crippen molar-refractivity contribution in [3.8, 4) is 5.75 Å². The molecule has 2 heterocycles. The molecule has 0 aliphatic carbocycles. The van der Waals surface area contributed by atoms with Crippen LogP contribution in [0.1, 0.15) is 11.1 Å². The van der Waals surface area contributed by atoms with Crippen LogP contribution in [-0.4, -0.2) is 36.2 Å². The Morgan fingerprint density at radius 1 is 1.18 bits per heavy atom. The van der Waals surface area contributed by atoms with E-state index in [0.717, 1.165) is 0 Å². The van der Waals surface area contributed by atoms with E-state index in [1.165, 1.54) is 23.9 Å². The van der Waals surface area contributed by atoms with E-state index in [4.69, 9.17) is 16.3 Å². The molecule has 174 valence electrons. The Morgan fingerprint density at radius 3 is 2.71 bits per heavy atom. The number of ether oxygens (including phenoxy) is 1. The number of hydrogen-bond donors (Lipinski definition) is 1. The summed E-state index contributed by atoms with van der Waals surface area (Å²) < 4.78 is 19.3. The van der Waals surface area contributed by atoms with Crippen molar-refractivity contribution >= 4 is 46.7 Å². The molecule has 1 spiro atoms. The van der Waals surface area contributed by atoms with Crippen molar-refractivity contribution in [2.45, 2.75) is 11.4 Å². The summed E-state index contributed by atoms with van der Waals surface area (Å²) in [6, 6.07) is 18.0. The topological polar surface area (TPSA) is 61.9 Å². The van der Waals surface area contributed by atoms with Gasteiger partial charge < -0.3 is 15.0 Å². The quantitative estimate of drug-likeness (QED) is 0.519. The Balaban J connectivity index is 1.54. The van der Waals surface area contributed by atoms with Crippen molar-refractivity contribution in [3.63, 3.8) is 0 Å². The number of benzene rings is 3. The Morgan fingerprint density at radius 2 is 1.97 bits per heavy atom. The molecule has 1 fully saturated rings. The number of amides is 3. The molecule has 0 radical (unpaired) electrons. The van der Waals surface area contributed by atoms with E-state index < -0.39 is 4.87 Å². The highest BCUT2D eigenvalue weighted by Crippen LogP contribution is 2.55. The van der Waals surface area contributed by atoms with E-state index in [0.29, 0.717) is 45.6 Å². The minimum Gasteiger partial charge on any atom is -0.497 e. The van der Waals surface area contributed by atoms with Gasteiger partial charge in [0.25, 0.3) is 5.91 Å². The Hall–Kier alpha value is -3.23. The molecule has 0 saturated carbocycles. The van der Waals surface area contributed by atoms with Crippen molar-refractivity contribution in [2.24, 2.45) is 0 Å². The van der Waals surface area contributed by atoms with Crippen molar-refractivity contribution in [1.82, 2.24) is 4.90 Å². The van der Waals surface area contributed by atoms with E-state index in [-0.39, 0.29) is 24.3 Å². The lowest BCUT2D eigenvalue weighted by molar-refractivity contribution is -0.123. The van der Waals surface area contributed by atoms with E-state index in [1.807, 2.05) is 6.07 Å². The lowest BCUT2D eigenvalue weighted by Gasteiger charge is -2.33. The lowest BCUT2D eigenvalue weighted by Crippen LogP contribution is -2.51. The highest BCUT2D eigenvalue weighted by molar-refractivity contribution is 8.01. The van der Waals surface area contributed by atoms with Crippen LogP contribution in [0.5, 0.6) is 5.75 Å². The molecule has 2 aliphatic rings. The summed E-state index contributed by atoms with van der Waals surface area (Å²) in [5.74, 6) is 0.565. The van der Waals surface area contributed by atoms with Gasteiger partial charge in [-0.15, -0.1) is 11.8 Å². The van der Waals surface area contributed by atoms with Gasteiger partial charge in [-0.05, 0) is 60.2 Å². The number of halogens is 2. The third kappa shape index (κ3) is 3.76. The number of nitrogens with zero attached hydrogens (tertiary/aromatic N) is 2. The van der Waals surface area contributed by atoms with Gasteiger partial charge in [0.05, 0.1) is 19.3 Å². The van der Waals surface area contributed by atoms with Gasteiger partial charge in [0, 0.05) is 28.6 Å². The number of methoxy groups -OCH3 is 1. The second-order valence-corrected chi connectivity index (χ2v) is 9.71. The largest absolute Gasteiger partial charge is 0.497 e. The highest BCUT2D eigenvalue weighted by Gasteiger charge is 2.59. The molecule has 6 nitrogen and oxygen atoms in total. The molecular weight excluding hydrogens is 477 g/mol. The van der Waals surface area contributed by atoms with Gasteiger partial charge in [0.15, 0.2) is 4.87 Å². The average molecular weight is 498 g/mol. The number of anilines is 2. The van der Waals surface area contributed by atoms with Gasteiger partial charge in [-0.3, -0.25) is 9.69 Å². The highest BCUT2D eigenvalue weighted by atomic mass is 35.5. The van der Waals surface area contributed by atoms with Gasteiger partial charge >= 0.3 is 6.03 Å². The molecule has 1 N–H and O–H groups in total. The van der Waals surface area contributed by atoms with Crippen LogP contribution < -0.4 is 15.0 Å². The SMILES string of the molecule is COc1ccc2c(c1)[C@]1(SCCN1C(=O)Nc1ccc(Cl)cc1)C(=O)N2Cc1cccc(F)c1. The molecule has 2 aliphatic heterocycles. The lowest BCUT2D eigenvalue weighted by atomic mass is 10.1. The second-order valence-electron chi connectivity index (χ2n) is 7.99. The molecule has 3 aromatic carbocycles. The monoisotopic (exact) mass is 497 g/mol. The zero-order chi connectivity index (χ0) is 23.9. The van der Waals surface area contributed by atoms with Crippen molar-refractivity contribution in [1.29, 1.82) is 0 Å². The number of urea groups is 1. The second kappa shape index (κ2) is 8.85. The number of carbonyl (C=O) groups excluding carboxylic acids is 2. The first-order valence-electron chi connectivity index (χ1n) is 10.7. The van der Waals surface area contributed by atoms with Gasteiger partial charge in [-0.25, -0.2) is 9.18 Å². The number of thioether (sulfide) groups is 1. The Bertz CT molecular complexity index is 1270. The summed E-state index contributed by atoms with van der Waals surface area (Å²) in [5, 5.41) is 3.44. The van der Waals surface area contributed by atoms with E-state index in [1.54, 1.807) is 65.4 Å². The standard InChI is InChI=1S/C25H21ClFN3O3S/c1-33-20-9-10-22-21(14-20)25(23(31)29(22)15-16-3-2-4-18(27)13-16)30(11-12-34-25)24(32)28-19-7-5-17(26)6-8-19/h2-10,13-14H,11-12,15H2,1H3,(H,28,32)/t25-/m0/s1. The minimum absolute atomic E-state index is 0.185. The summed E-state index contributed by atoms with van der Waals surface area (Å²) in [4.78, 5) is 29.4. The van der Waals surface area contributed by atoms with E-state index in [2.05, 4.69) is 5.32 Å². The summed E-state index contributed by atoms with van der Waals surface area (Å²) in [7, 11) is 1.56. The summed E-state index contributed by atoms with van der Waals surface area (Å²) in [5.41, 5.74) is 2.59. The fourth-order valence-corrected chi connectivity index (χ4v) is 6.00. The molecule has 34 heavy (non-hydrogen) atoms. The Kier molecular flexibility index (Phi) is 5.87. The number of rotatable bonds is 4. The van der Waals surface area contributed by atoms with Gasteiger partial charge in [0.2, 0.25) is 0 Å². The molecule has 1 saturated heterocycles. The van der Waals surface area contributed by atoms with Gasteiger partial charge in [0.1, 0.15) is 11.6 Å². The first-order chi connectivity index (χ1) is 16.4. The minimum atomic E-state index is -1.24. The summed E-state index contributed by atoms with van der Waals surface area (Å²) >= 11 is 7.37. The summed E-state index contributed by atoms with van der Waals surface area (Å²) in [6.07, 6.45) is 0. The average Bonchev–Trinajstić information content (AvgIpc) is 3.37. The first kappa shape index (κ1) is 22.6. The summed E-state index contributed by atoms with van der Waals surface area (Å²) in [6.45, 7) is 0.575. The zero-order valence-electron chi connectivity index (χ0n) is 18.3. The number of hydrogen-bond acceptors (Lipinski definition) is 4. The normalized spacial score (nSPS) is 19.0. The van der Waals surface area contributed by atoms with Crippen LogP contribution in [0.2, 0.25) is 5.02 Å². The van der Waals surface area contributed by atoms with Crippen molar-refractivity contribution < 1.29 is 18.7 Å². The molecule has 3 amide bonds. The molecule has 1 atom stereocenters. The maximum Gasteiger partial charge on any atom is 0.323 e. The van der Waals surface area contributed by atoms with Gasteiger partial charge in [-0.2, -0.15) is 0 Å². The Labute approximate surface area is 205 Å². The number of carbonyl (C=O) groups is 2. The van der Waals surface area contributed by atoms with Crippen LogP contribution in [0.15, 0.2) is 66.7 Å². The number of nitrogens with one attached hydrogen (secondary N) is 1. The van der Waals surface area contributed by atoms with Crippen LogP contribution in [0.4, 0.5) is 20.6 Å². The van der Waals surface area contributed by atoms with E-state index >= 15 is 0 Å². The molecule has 0 aromatic heterocycles. The van der Waals surface area contributed by atoms with Crippen molar-refractivity contribution in [3.05, 3.63) is 88.7 Å². The predicted molar refractivity (Wildman–Crippen MR) is 132 cm³/mol. The maximum absolute atomic E-state index is 14.0. The van der Waals surface area contributed by atoms with Crippen LogP contribution in [-0.2, 0) is 16.2 Å². The molecule has 3 aromatic rings. The van der Waals surface area contributed by atoms with Gasteiger partial charge in [-0.1, -0.05) is 23.7 Å². The molecule has 9 heteroatoms. The smallest absolute Gasteiger partial charge is 0.323 e. The first-order valence-corrected chi connectivity index (χ1v) is 12.0. The van der Waals surface area contributed by atoms with Crippen LogP contribution in [0.25, 0.3) is 0 Å². The van der Waals surface area contributed by atoms with E-state index in [9.17, 15) is 14.0 Å². The van der Waals surface area contributed by atoms with Crippen LogP contribution >= 0.6 is 23.4 Å². The predicted octanol–water partition coefficient (Wildman–Crippen LogP) is 5.47. The zero-order valence-corrected chi connectivity index (χ0v) is 19.8. The molecular formula is C25H21ClFN3O3S. The molecule has 0 bridgehead atoms. The van der Waals surface area contributed by atoms with Crippen LogP contribution in [0.3, 0.4) is 0 Å².